The number of ketones is 1. The number of ether oxygens (including phenoxy) is 2. The van der Waals surface area contributed by atoms with Crippen molar-refractivity contribution in [3.05, 3.63) is 90.4 Å². The third kappa shape index (κ3) is 5.39. The first-order valence-corrected chi connectivity index (χ1v) is 17.0. The van der Waals surface area contributed by atoms with E-state index >= 15 is 0 Å². The Hall–Kier alpha value is -4.79. The van der Waals surface area contributed by atoms with Crippen LogP contribution in [-0.4, -0.2) is 46.4 Å². The summed E-state index contributed by atoms with van der Waals surface area (Å²) in [5.74, 6) is -2.53. The molecule has 2 aliphatic heterocycles. The van der Waals surface area contributed by atoms with Crippen LogP contribution in [-0.2, 0) is 31.9 Å². The van der Waals surface area contributed by atoms with Crippen LogP contribution in [0.2, 0.25) is 0 Å². The number of aromatic amines is 3. The molecule has 3 aromatic rings. The molecule has 3 atom stereocenters. The van der Waals surface area contributed by atoms with Gasteiger partial charge in [-0.25, -0.2) is 0 Å². The van der Waals surface area contributed by atoms with Gasteiger partial charge in [-0.15, -0.1) is 0 Å². The molecule has 3 aliphatic rings. The first-order valence-electron chi connectivity index (χ1n) is 17.0. The minimum absolute atomic E-state index is 0.0498. The van der Waals surface area contributed by atoms with Gasteiger partial charge in [0.2, 0.25) is 0 Å². The summed E-state index contributed by atoms with van der Waals surface area (Å²) in [4.78, 5) is 51.3. The predicted octanol–water partition coefficient (Wildman–Crippen LogP) is 5.18. The first kappa shape index (κ1) is 33.1. The zero-order valence-electron chi connectivity index (χ0n) is 29.2. The summed E-state index contributed by atoms with van der Waals surface area (Å²) in [5, 5.41) is 5.69. The Bertz CT molecular complexity index is 2050. The number of rotatable bonds is 8. The quantitative estimate of drug-likeness (QED) is 0.151. The van der Waals surface area contributed by atoms with Crippen molar-refractivity contribution >= 4 is 41.5 Å². The van der Waals surface area contributed by atoms with Crippen molar-refractivity contribution in [3.8, 4) is 0 Å². The third-order valence-corrected chi connectivity index (χ3v) is 10.5. The highest BCUT2D eigenvalue weighted by atomic mass is 16.5. The van der Waals surface area contributed by atoms with Crippen molar-refractivity contribution in [1.82, 2.24) is 20.3 Å². The molecule has 4 N–H and O–H groups in total. The molecule has 1 saturated heterocycles. The lowest BCUT2D eigenvalue weighted by Crippen LogP contribution is -2.25. The summed E-state index contributed by atoms with van der Waals surface area (Å²) in [6.45, 7) is 14.8. The standard InChI is InChI=1S/C39H46N4O5/c1-9-12-15-48-32(44)14-13-25-21(6)28-16-26-19(4)23(10-2)30(40-26)17-27-20(5)24(11-3)31(41-27)18-29-22(7)33-37(43-29)34(36(25)42-28)35(38(33)45)39(46)47-8/h9,12,16-18,21,25,35,40-43H,10-11,13-15H2,1-8H3/b12-9-,27-17-,28-16-,31-18-,36-34-/t21-,25-,35+/m0/s1. The highest BCUT2D eigenvalue weighted by Crippen LogP contribution is 2.48. The minimum Gasteiger partial charge on any atom is -0.468 e. The van der Waals surface area contributed by atoms with Gasteiger partial charge in [0.05, 0.1) is 12.8 Å². The van der Waals surface area contributed by atoms with E-state index in [0.717, 1.165) is 57.6 Å². The normalized spacial score (nSPS) is 23.7. The summed E-state index contributed by atoms with van der Waals surface area (Å²) in [7, 11) is 1.31. The summed E-state index contributed by atoms with van der Waals surface area (Å²) in [6.07, 6.45) is 12.4. The molecular formula is C39H46N4O5. The average molecular weight is 651 g/mol. The van der Waals surface area contributed by atoms with E-state index in [1.165, 1.54) is 29.4 Å². The van der Waals surface area contributed by atoms with Gasteiger partial charge in [0.15, 0.2) is 5.78 Å². The van der Waals surface area contributed by atoms with E-state index in [2.05, 4.69) is 73.1 Å². The van der Waals surface area contributed by atoms with E-state index in [9.17, 15) is 14.4 Å². The van der Waals surface area contributed by atoms with E-state index in [-0.39, 0.29) is 36.6 Å². The number of carbonyl (C=O) groups is 3. The molecule has 3 aromatic heterocycles. The number of fused-ring (bicyclic) bond motifs is 7. The van der Waals surface area contributed by atoms with Crippen LogP contribution in [0.5, 0.6) is 0 Å². The number of esters is 2. The lowest BCUT2D eigenvalue weighted by Gasteiger charge is -2.19. The molecule has 5 heterocycles. The Morgan fingerprint density at radius 3 is 2.29 bits per heavy atom. The maximum Gasteiger partial charge on any atom is 0.321 e. The van der Waals surface area contributed by atoms with E-state index in [1.807, 2.05) is 19.9 Å². The van der Waals surface area contributed by atoms with Crippen LogP contribution in [0, 0.1) is 38.5 Å². The molecule has 1 aliphatic carbocycles. The molecule has 0 saturated carbocycles. The maximum atomic E-state index is 14.2. The molecule has 8 bridgehead atoms. The Kier molecular flexibility index (Phi) is 8.98. The lowest BCUT2D eigenvalue weighted by atomic mass is 9.85. The second kappa shape index (κ2) is 13.0. The number of Topliss-reactive ketones (excluding diaryl/α,β-unsaturated/α-hetero) is 1. The molecule has 9 heteroatoms. The second-order valence-electron chi connectivity index (χ2n) is 13.1. The fourth-order valence-corrected chi connectivity index (χ4v) is 7.81. The molecule has 252 valence electrons. The van der Waals surface area contributed by atoms with Crippen LogP contribution < -0.4 is 16.0 Å². The molecule has 0 unspecified atom stereocenters. The fourth-order valence-electron chi connectivity index (χ4n) is 7.81. The zero-order valence-corrected chi connectivity index (χ0v) is 29.2. The number of hydrogen-bond donors (Lipinski definition) is 4. The van der Waals surface area contributed by atoms with Crippen molar-refractivity contribution in [2.75, 3.05) is 13.7 Å². The van der Waals surface area contributed by atoms with Gasteiger partial charge in [0.25, 0.3) is 0 Å². The lowest BCUT2D eigenvalue weighted by molar-refractivity contribution is -0.143. The van der Waals surface area contributed by atoms with Crippen molar-refractivity contribution < 1.29 is 23.9 Å². The van der Waals surface area contributed by atoms with Gasteiger partial charge >= 0.3 is 11.9 Å². The van der Waals surface area contributed by atoms with Gasteiger partial charge in [-0.1, -0.05) is 32.9 Å². The second-order valence-corrected chi connectivity index (χ2v) is 13.1. The van der Waals surface area contributed by atoms with Crippen LogP contribution in [0.1, 0.15) is 101 Å². The van der Waals surface area contributed by atoms with Crippen molar-refractivity contribution in [1.29, 1.82) is 0 Å². The Balaban J connectivity index is 1.64. The topological polar surface area (TPSA) is 129 Å². The van der Waals surface area contributed by atoms with Crippen molar-refractivity contribution in [2.45, 2.75) is 74.1 Å². The molecule has 6 rings (SSSR count). The number of H-pyrrole nitrogens is 3. The summed E-state index contributed by atoms with van der Waals surface area (Å²) >= 11 is 0. The highest BCUT2D eigenvalue weighted by molar-refractivity contribution is 6.24. The van der Waals surface area contributed by atoms with Gasteiger partial charge in [-0.2, -0.15) is 0 Å². The Morgan fingerprint density at radius 2 is 1.60 bits per heavy atom. The number of allylic oxidation sites excluding steroid dienone is 3. The maximum absolute atomic E-state index is 14.2. The van der Waals surface area contributed by atoms with Crippen LogP contribution in [0.15, 0.2) is 23.5 Å². The van der Waals surface area contributed by atoms with Gasteiger partial charge in [-0.05, 0) is 93.0 Å². The molecule has 0 amide bonds. The summed E-state index contributed by atoms with van der Waals surface area (Å²) in [6, 6.07) is 0. The first-order chi connectivity index (χ1) is 23.0. The molecular weight excluding hydrogens is 604 g/mol. The Labute approximate surface area is 281 Å². The molecule has 48 heavy (non-hydrogen) atoms. The van der Waals surface area contributed by atoms with Crippen LogP contribution in [0.25, 0.3) is 23.8 Å². The fraction of sp³-hybridized carbons (Fsp3) is 0.410. The van der Waals surface area contributed by atoms with E-state index in [1.54, 1.807) is 6.08 Å². The van der Waals surface area contributed by atoms with Crippen molar-refractivity contribution in [3.63, 3.8) is 0 Å². The van der Waals surface area contributed by atoms with Crippen LogP contribution >= 0.6 is 0 Å². The van der Waals surface area contributed by atoms with Gasteiger partial charge in [0.1, 0.15) is 12.5 Å². The number of carbonyl (C=O) groups excluding carboxylic acids is 3. The smallest absolute Gasteiger partial charge is 0.321 e. The molecule has 0 aromatic carbocycles. The van der Waals surface area contributed by atoms with E-state index in [0.29, 0.717) is 23.3 Å². The van der Waals surface area contributed by atoms with Gasteiger partial charge < -0.3 is 29.7 Å². The Morgan fingerprint density at radius 1 is 0.896 bits per heavy atom. The number of aromatic nitrogens is 3. The molecule has 9 nitrogen and oxygen atoms in total. The molecule has 1 fully saturated rings. The number of hydrogen-bond acceptors (Lipinski definition) is 6. The highest BCUT2D eigenvalue weighted by Gasteiger charge is 2.48. The SMILES string of the molecule is C/C=C\COC(=O)CC[C@@H]1/C2=C3/c4[nH]c(c(C)c4C(=O)[C@@H]3C(=O)OC)/C=c3\[nH]/c(c(C)c3CC)=C\c3[nH]c(c(C)c3CC)/C=C(\N2)[C@H]1C. The summed E-state index contributed by atoms with van der Waals surface area (Å²) < 4.78 is 10.7. The minimum atomic E-state index is -1.12. The van der Waals surface area contributed by atoms with Crippen LogP contribution in [0.3, 0.4) is 0 Å². The molecule has 0 spiro atoms. The van der Waals surface area contributed by atoms with Gasteiger partial charge in [-0.3, -0.25) is 14.4 Å². The van der Waals surface area contributed by atoms with E-state index in [4.69, 9.17) is 9.47 Å². The zero-order chi connectivity index (χ0) is 34.4. The van der Waals surface area contributed by atoms with E-state index < -0.39 is 11.9 Å². The average Bonchev–Trinajstić information content (AvgIpc) is 3.80. The predicted molar refractivity (Wildman–Crippen MR) is 187 cm³/mol. The van der Waals surface area contributed by atoms with Gasteiger partial charge in [0, 0.05) is 68.6 Å². The number of methoxy groups -OCH3 is 1. The third-order valence-electron chi connectivity index (χ3n) is 10.5. The number of nitrogens with one attached hydrogen (secondary N) is 4. The summed E-state index contributed by atoms with van der Waals surface area (Å²) in [5.41, 5.74) is 11.9. The largest absolute Gasteiger partial charge is 0.468 e. The van der Waals surface area contributed by atoms with Crippen LogP contribution in [0.4, 0.5) is 0 Å². The monoisotopic (exact) mass is 650 g/mol. The van der Waals surface area contributed by atoms with Crippen molar-refractivity contribution in [2.24, 2.45) is 17.8 Å². The molecule has 0 radical (unpaired) electrons.